The highest BCUT2D eigenvalue weighted by molar-refractivity contribution is 5.71. The van der Waals surface area contributed by atoms with Crippen LogP contribution in [0.25, 0.3) is 0 Å². The van der Waals surface area contributed by atoms with Gasteiger partial charge in [0.05, 0.1) is 18.8 Å². The minimum Gasteiger partial charge on any atom is -0.482 e. The summed E-state index contributed by atoms with van der Waals surface area (Å²) in [5, 5.41) is 21.8. The van der Waals surface area contributed by atoms with Crippen LogP contribution in [0.15, 0.2) is 84.9 Å². The predicted molar refractivity (Wildman–Crippen MR) is 141 cm³/mol. The second-order valence-corrected chi connectivity index (χ2v) is 8.93. The molecule has 0 aliphatic rings. The first kappa shape index (κ1) is 27.4. The summed E-state index contributed by atoms with van der Waals surface area (Å²) in [6.07, 6.45) is 0.394. The van der Waals surface area contributed by atoms with Crippen molar-refractivity contribution in [1.29, 1.82) is 0 Å². The topological polar surface area (TPSA) is 79.2 Å². The molecule has 3 atom stereocenters. The molecule has 0 aliphatic carbocycles. The summed E-state index contributed by atoms with van der Waals surface area (Å²) in [4.78, 5) is 13.6. The van der Waals surface area contributed by atoms with Crippen molar-refractivity contribution in [3.05, 3.63) is 102 Å². The van der Waals surface area contributed by atoms with Gasteiger partial charge >= 0.3 is 5.97 Å². The molecule has 0 saturated carbocycles. The minimum atomic E-state index is -0.646. The summed E-state index contributed by atoms with van der Waals surface area (Å²) in [7, 11) is 0. The SMILES string of the molecule is CCOC(=O)COc1ccc(CCC(C)N(CC(O)c2ccccc2)CC(O)c2ccccc2)cc1. The van der Waals surface area contributed by atoms with Crippen molar-refractivity contribution >= 4 is 5.97 Å². The molecular formula is C30H37NO5. The number of esters is 1. The van der Waals surface area contributed by atoms with Gasteiger partial charge in [-0.05, 0) is 55.5 Å². The Labute approximate surface area is 214 Å². The van der Waals surface area contributed by atoms with E-state index in [0.717, 1.165) is 29.5 Å². The van der Waals surface area contributed by atoms with Crippen LogP contribution in [0.3, 0.4) is 0 Å². The van der Waals surface area contributed by atoms with Gasteiger partial charge in [0.2, 0.25) is 0 Å². The van der Waals surface area contributed by atoms with Crippen LogP contribution in [-0.4, -0.2) is 53.4 Å². The molecule has 36 heavy (non-hydrogen) atoms. The number of aliphatic hydroxyl groups is 2. The Hall–Kier alpha value is -3.19. The standard InChI is InChI=1S/C30H37NO5/c1-3-35-30(34)22-36-27-18-16-24(17-19-27)15-14-23(2)31(20-28(32)25-10-6-4-7-11-25)21-29(33)26-12-8-5-9-13-26/h4-13,16-19,23,28-29,32-33H,3,14-15,20-22H2,1-2H3. The number of benzene rings is 3. The summed E-state index contributed by atoms with van der Waals surface area (Å²) in [5.74, 6) is 0.240. The lowest BCUT2D eigenvalue weighted by atomic mass is 10.0. The molecule has 3 aromatic rings. The molecule has 0 aliphatic heterocycles. The van der Waals surface area contributed by atoms with Crippen molar-refractivity contribution in [2.75, 3.05) is 26.3 Å². The van der Waals surface area contributed by atoms with E-state index < -0.39 is 12.2 Å². The lowest BCUT2D eigenvalue weighted by Crippen LogP contribution is -2.39. The van der Waals surface area contributed by atoms with Gasteiger partial charge in [-0.15, -0.1) is 0 Å². The van der Waals surface area contributed by atoms with Crippen molar-refractivity contribution in [1.82, 2.24) is 4.90 Å². The first-order chi connectivity index (χ1) is 17.5. The van der Waals surface area contributed by atoms with Gasteiger partial charge in [0, 0.05) is 19.1 Å². The molecule has 0 spiro atoms. The highest BCUT2D eigenvalue weighted by Gasteiger charge is 2.22. The van der Waals surface area contributed by atoms with E-state index in [4.69, 9.17) is 9.47 Å². The Bertz CT molecular complexity index is 979. The Morgan fingerprint density at radius 1 is 0.833 bits per heavy atom. The first-order valence-electron chi connectivity index (χ1n) is 12.5. The average Bonchev–Trinajstić information content (AvgIpc) is 2.91. The van der Waals surface area contributed by atoms with Crippen LogP contribution in [-0.2, 0) is 16.0 Å². The molecule has 0 fully saturated rings. The molecule has 0 radical (unpaired) electrons. The Kier molecular flexibility index (Phi) is 11.0. The third kappa shape index (κ3) is 8.79. The predicted octanol–water partition coefficient (Wildman–Crippen LogP) is 4.72. The van der Waals surface area contributed by atoms with Gasteiger partial charge in [-0.2, -0.15) is 0 Å². The number of aliphatic hydroxyl groups excluding tert-OH is 2. The fourth-order valence-corrected chi connectivity index (χ4v) is 4.10. The van der Waals surface area contributed by atoms with Crippen molar-refractivity contribution < 1.29 is 24.5 Å². The second kappa shape index (κ2) is 14.4. The summed E-state index contributed by atoms with van der Waals surface area (Å²) < 4.78 is 10.4. The monoisotopic (exact) mass is 491 g/mol. The maximum absolute atomic E-state index is 11.5. The molecule has 6 heteroatoms. The summed E-state index contributed by atoms with van der Waals surface area (Å²) in [6.45, 7) is 4.98. The molecule has 2 N–H and O–H groups in total. The number of carbonyl (C=O) groups is 1. The fraction of sp³-hybridized carbons (Fsp3) is 0.367. The molecule has 0 heterocycles. The first-order valence-corrected chi connectivity index (χ1v) is 12.5. The fourth-order valence-electron chi connectivity index (χ4n) is 4.10. The van der Waals surface area contributed by atoms with Gasteiger partial charge in [-0.25, -0.2) is 4.79 Å². The summed E-state index contributed by atoms with van der Waals surface area (Å²) in [6, 6.07) is 27.1. The van der Waals surface area contributed by atoms with Crippen LogP contribution in [0.2, 0.25) is 0 Å². The molecule has 192 valence electrons. The van der Waals surface area contributed by atoms with E-state index in [-0.39, 0.29) is 18.6 Å². The largest absolute Gasteiger partial charge is 0.482 e. The molecule has 6 nitrogen and oxygen atoms in total. The molecule has 3 unspecified atom stereocenters. The van der Waals surface area contributed by atoms with E-state index in [9.17, 15) is 15.0 Å². The Morgan fingerprint density at radius 3 is 1.86 bits per heavy atom. The summed E-state index contributed by atoms with van der Waals surface area (Å²) >= 11 is 0. The molecule has 0 saturated heterocycles. The van der Waals surface area contributed by atoms with Crippen LogP contribution in [0.5, 0.6) is 5.75 Å². The highest BCUT2D eigenvalue weighted by Crippen LogP contribution is 2.22. The Balaban J connectivity index is 1.60. The van der Waals surface area contributed by atoms with E-state index in [1.807, 2.05) is 84.9 Å². The third-order valence-corrected chi connectivity index (χ3v) is 6.24. The molecule has 0 aromatic heterocycles. The zero-order valence-corrected chi connectivity index (χ0v) is 21.1. The summed E-state index contributed by atoms with van der Waals surface area (Å²) in [5.41, 5.74) is 2.88. The quantitative estimate of drug-likeness (QED) is 0.318. The normalized spacial score (nSPS) is 13.7. The Morgan fingerprint density at radius 2 is 1.36 bits per heavy atom. The second-order valence-electron chi connectivity index (χ2n) is 8.93. The third-order valence-electron chi connectivity index (χ3n) is 6.24. The van der Waals surface area contributed by atoms with Gasteiger partial charge in [0.15, 0.2) is 6.61 Å². The maximum atomic E-state index is 11.5. The van der Waals surface area contributed by atoms with Gasteiger partial charge in [-0.1, -0.05) is 72.8 Å². The van der Waals surface area contributed by atoms with Crippen molar-refractivity contribution in [2.24, 2.45) is 0 Å². The van der Waals surface area contributed by atoms with Crippen molar-refractivity contribution in [3.8, 4) is 5.75 Å². The highest BCUT2D eigenvalue weighted by atomic mass is 16.6. The van der Waals surface area contributed by atoms with Crippen LogP contribution >= 0.6 is 0 Å². The number of ether oxygens (including phenoxy) is 2. The van der Waals surface area contributed by atoms with Crippen LogP contribution in [0.4, 0.5) is 0 Å². The van der Waals surface area contributed by atoms with Gasteiger partial charge in [0.1, 0.15) is 5.75 Å². The number of nitrogens with zero attached hydrogens (tertiary/aromatic N) is 1. The van der Waals surface area contributed by atoms with Crippen LogP contribution < -0.4 is 4.74 Å². The van der Waals surface area contributed by atoms with E-state index in [2.05, 4.69) is 11.8 Å². The zero-order chi connectivity index (χ0) is 25.8. The van der Waals surface area contributed by atoms with Crippen LogP contribution in [0.1, 0.15) is 49.2 Å². The molecule has 0 bridgehead atoms. The van der Waals surface area contributed by atoms with E-state index >= 15 is 0 Å². The molecule has 3 aromatic carbocycles. The van der Waals surface area contributed by atoms with Gasteiger partial charge < -0.3 is 19.7 Å². The molecular weight excluding hydrogens is 454 g/mol. The number of aryl methyl sites for hydroxylation is 1. The van der Waals surface area contributed by atoms with Gasteiger partial charge in [-0.3, -0.25) is 4.90 Å². The lowest BCUT2D eigenvalue weighted by molar-refractivity contribution is -0.145. The maximum Gasteiger partial charge on any atom is 0.344 e. The number of hydrogen-bond donors (Lipinski definition) is 2. The molecule has 3 rings (SSSR count). The van der Waals surface area contributed by atoms with Crippen LogP contribution in [0, 0.1) is 0 Å². The average molecular weight is 492 g/mol. The van der Waals surface area contributed by atoms with Crippen molar-refractivity contribution in [3.63, 3.8) is 0 Å². The number of rotatable bonds is 14. The number of hydrogen-bond acceptors (Lipinski definition) is 6. The van der Waals surface area contributed by atoms with E-state index in [0.29, 0.717) is 25.4 Å². The smallest absolute Gasteiger partial charge is 0.344 e. The van der Waals surface area contributed by atoms with Crippen molar-refractivity contribution in [2.45, 2.75) is 44.9 Å². The van der Waals surface area contributed by atoms with E-state index in [1.54, 1.807) is 6.92 Å². The number of carbonyl (C=O) groups excluding carboxylic acids is 1. The minimum absolute atomic E-state index is 0.105. The molecule has 0 amide bonds. The lowest BCUT2D eigenvalue weighted by Gasteiger charge is -2.33. The zero-order valence-electron chi connectivity index (χ0n) is 21.1. The van der Waals surface area contributed by atoms with E-state index in [1.165, 1.54) is 0 Å². The van der Waals surface area contributed by atoms with Gasteiger partial charge in [0.25, 0.3) is 0 Å².